The Morgan fingerprint density at radius 2 is 0.917 bits per heavy atom. The van der Waals surface area contributed by atoms with Gasteiger partial charge in [-0.15, -0.1) is 0 Å². The standard InChI is InChI=1S/C66H43N5O/c1-66(2)54-26-14-12-23-47(54)49-38-52-51-35-42(29-32-57(51)70(59(52)39-55(49)66)45-21-10-5-11-22-45)43-31-34-60-53(36-43)62-46(25-16-28-61(62)72-60)44-30-33-58-50(37-44)48-24-13-15-27-56(48)71(58)65-68-63(40-17-6-3-7-18-40)67-64(69-65)41-19-8-4-9-20-41/h3-39H,1-2H3. The number of fused-ring (bicyclic) bond motifs is 12. The van der Waals surface area contributed by atoms with Crippen molar-refractivity contribution in [1.29, 1.82) is 0 Å². The van der Waals surface area contributed by atoms with Crippen LogP contribution in [0.2, 0.25) is 0 Å². The third-order valence-electron chi connectivity index (χ3n) is 15.2. The fraction of sp³-hybridized carbons (Fsp3) is 0.0455. The van der Waals surface area contributed by atoms with Gasteiger partial charge in [-0.05, 0) is 117 Å². The molecule has 0 amide bonds. The summed E-state index contributed by atoms with van der Waals surface area (Å²) in [6.07, 6.45) is 0. The molecule has 0 fully saturated rings. The number of rotatable bonds is 6. The van der Waals surface area contributed by atoms with Gasteiger partial charge in [0.05, 0.1) is 22.1 Å². The third kappa shape index (κ3) is 5.99. The van der Waals surface area contributed by atoms with E-state index < -0.39 is 0 Å². The molecule has 4 aromatic heterocycles. The van der Waals surface area contributed by atoms with Crippen LogP contribution >= 0.6 is 0 Å². The first kappa shape index (κ1) is 40.5. The van der Waals surface area contributed by atoms with Gasteiger partial charge in [0.15, 0.2) is 11.6 Å². The van der Waals surface area contributed by atoms with Gasteiger partial charge in [0, 0.05) is 54.5 Å². The zero-order valence-electron chi connectivity index (χ0n) is 39.5. The van der Waals surface area contributed by atoms with E-state index >= 15 is 0 Å². The Bertz CT molecular complexity index is 4470. The molecular weight excluding hydrogens is 879 g/mol. The molecule has 4 heterocycles. The van der Waals surface area contributed by atoms with E-state index in [4.69, 9.17) is 19.4 Å². The Hall–Kier alpha value is -9.39. The van der Waals surface area contributed by atoms with Crippen molar-refractivity contribution >= 4 is 65.6 Å². The Morgan fingerprint density at radius 3 is 1.68 bits per heavy atom. The lowest BCUT2D eigenvalue weighted by molar-refractivity contribution is 0.661. The van der Waals surface area contributed by atoms with Crippen LogP contribution in [0.3, 0.4) is 0 Å². The average Bonchev–Trinajstić information content (AvgIpc) is 4.15. The van der Waals surface area contributed by atoms with E-state index in [0.29, 0.717) is 17.6 Å². The molecule has 0 radical (unpaired) electrons. The number of furan rings is 1. The Balaban J connectivity index is 0.889. The maximum absolute atomic E-state index is 6.66. The molecule has 0 atom stereocenters. The minimum atomic E-state index is -0.106. The van der Waals surface area contributed by atoms with Crippen molar-refractivity contribution in [3.8, 4) is 67.8 Å². The number of hydrogen-bond donors (Lipinski definition) is 0. The zero-order valence-corrected chi connectivity index (χ0v) is 39.5. The number of hydrogen-bond acceptors (Lipinski definition) is 4. The Labute approximate surface area is 414 Å². The van der Waals surface area contributed by atoms with Crippen LogP contribution in [0.15, 0.2) is 229 Å². The maximum Gasteiger partial charge on any atom is 0.238 e. The van der Waals surface area contributed by atoms with Gasteiger partial charge in [-0.1, -0.05) is 166 Å². The molecule has 338 valence electrons. The van der Waals surface area contributed by atoms with Gasteiger partial charge in [-0.2, -0.15) is 9.97 Å². The average molecular weight is 922 g/mol. The highest BCUT2D eigenvalue weighted by molar-refractivity contribution is 6.17. The molecular formula is C66H43N5O. The fourth-order valence-corrected chi connectivity index (χ4v) is 11.7. The molecule has 0 unspecified atom stereocenters. The lowest BCUT2D eigenvalue weighted by Gasteiger charge is -2.21. The minimum absolute atomic E-state index is 0.106. The van der Waals surface area contributed by atoms with Gasteiger partial charge in [0.2, 0.25) is 5.95 Å². The fourth-order valence-electron chi connectivity index (χ4n) is 11.7. The molecule has 0 bridgehead atoms. The highest BCUT2D eigenvalue weighted by atomic mass is 16.3. The molecule has 15 rings (SSSR count). The monoisotopic (exact) mass is 921 g/mol. The molecule has 0 aliphatic heterocycles. The quantitative estimate of drug-likeness (QED) is 0.167. The lowest BCUT2D eigenvalue weighted by Crippen LogP contribution is -2.14. The second-order valence-electron chi connectivity index (χ2n) is 19.6. The van der Waals surface area contributed by atoms with E-state index in [-0.39, 0.29) is 5.41 Å². The molecule has 0 spiro atoms. The van der Waals surface area contributed by atoms with E-state index in [0.717, 1.165) is 82.8 Å². The van der Waals surface area contributed by atoms with Crippen molar-refractivity contribution in [2.75, 3.05) is 0 Å². The highest BCUT2D eigenvalue weighted by Crippen LogP contribution is 2.51. The lowest BCUT2D eigenvalue weighted by atomic mass is 9.82. The zero-order chi connectivity index (χ0) is 47.7. The van der Waals surface area contributed by atoms with Crippen molar-refractivity contribution in [3.63, 3.8) is 0 Å². The van der Waals surface area contributed by atoms with Crippen LogP contribution in [-0.4, -0.2) is 24.1 Å². The van der Waals surface area contributed by atoms with Crippen LogP contribution in [0.5, 0.6) is 0 Å². The van der Waals surface area contributed by atoms with Crippen molar-refractivity contribution in [2.45, 2.75) is 19.3 Å². The van der Waals surface area contributed by atoms with Crippen LogP contribution in [0, 0.1) is 0 Å². The van der Waals surface area contributed by atoms with Crippen molar-refractivity contribution < 1.29 is 4.42 Å². The molecule has 6 heteroatoms. The summed E-state index contributed by atoms with van der Waals surface area (Å²) >= 11 is 0. The SMILES string of the molecule is CC1(C)c2ccccc2-c2cc3c4cc(-c5ccc6oc7cccc(-c8ccc9c(c8)c8ccccc8n9-c8nc(-c9ccccc9)nc(-c9ccccc9)n8)c7c6c5)ccc4n(-c4ccccc4)c3cc21. The summed E-state index contributed by atoms with van der Waals surface area (Å²) in [7, 11) is 0. The Kier molecular flexibility index (Phi) is 8.61. The molecule has 10 aromatic carbocycles. The maximum atomic E-state index is 6.66. The number of nitrogens with zero attached hydrogens (tertiary/aromatic N) is 5. The first-order valence-electron chi connectivity index (χ1n) is 24.6. The van der Waals surface area contributed by atoms with Gasteiger partial charge < -0.3 is 8.98 Å². The summed E-state index contributed by atoms with van der Waals surface area (Å²) in [4.78, 5) is 15.3. The first-order valence-corrected chi connectivity index (χ1v) is 24.6. The summed E-state index contributed by atoms with van der Waals surface area (Å²) < 4.78 is 11.3. The number of aromatic nitrogens is 5. The number of benzene rings is 10. The van der Waals surface area contributed by atoms with E-state index in [9.17, 15) is 0 Å². The smallest absolute Gasteiger partial charge is 0.238 e. The van der Waals surface area contributed by atoms with Gasteiger partial charge >= 0.3 is 0 Å². The molecule has 1 aliphatic rings. The van der Waals surface area contributed by atoms with E-state index in [1.165, 1.54) is 44.1 Å². The van der Waals surface area contributed by atoms with Crippen molar-refractivity contribution in [1.82, 2.24) is 24.1 Å². The van der Waals surface area contributed by atoms with Gasteiger partial charge in [-0.3, -0.25) is 4.57 Å². The predicted molar refractivity (Wildman–Crippen MR) is 295 cm³/mol. The van der Waals surface area contributed by atoms with E-state index in [1.54, 1.807) is 0 Å². The summed E-state index contributed by atoms with van der Waals surface area (Å²) in [5.74, 6) is 1.81. The molecule has 0 N–H and O–H groups in total. The Morgan fingerprint density at radius 1 is 0.347 bits per heavy atom. The van der Waals surface area contributed by atoms with Crippen molar-refractivity contribution in [3.05, 3.63) is 236 Å². The van der Waals surface area contributed by atoms with Crippen LogP contribution in [0.4, 0.5) is 0 Å². The van der Waals surface area contributed by atoms with Gasteiger partial charge in [-0.25, -0.2) is 4.98 Å². The molecule has 14 aromatic rings. The molecule has 0 saturated heterocycles. The second-order valence-corrected chi connectivity index (χ2v) is 19.6. The predicted octanol–water partition coefficient (Wildman–Crippen LogP) is 16.9. The molecule has 1 aliphatic carbocycles. The van der Waals surface area contributed by atoms with E-state index in [1.807, 2.05) is 60.7 Å². The molecule has 0 saturated carbocycles. The van der Waals surface area contributed by atoms with Gasteiger partial charge in [0.25, 0.3) is 0 Å². The number of para-hydroxylation sites is 2. The van der Waals surface area contributed by atoms with Crippen LogP contribution in [-0.2, 0) is 5.41 Å². The van der Waals surface area contributed by atoms with Crippen LogP contribution in [0.25, 0.3) is 133 Å². The van der Waals surface area contributed by atoms with Crippen LogP contribution in [0.1, 0.15) is 25.0 Å². The van der Waals surface area contributed by atoms with Crippen LogP contribution < -0.4 is 0 Å². The summed E-state index contributed by atoms with van der Waals surface area (Å²) in [5.41, 5.74) is 19.0. The third-order valence-corrected chi connectivity index (χ3v) is 15.2. The minimum Gasteiger partial charge on any atom is -0.456 e. The molecule has 6 nitrogen and oxygen atoms in total. The van der Waals surface area contributed by atoms with Crippen molar-refractivity contribution in [2.24, 2.45) is 0 Å². The normalized spacial score (nSPS) is 13.0. The largest absolute Gasteiger partial charge is 0.456 e. The first-order chi connectivity index (χ1) is 35.4. The van der Waals surface area contributed by atoms with Gasteiger partial charge in [0.1, 0.15) is 11.2 Å². The second kappa shape index (κ2) is 15.3. The van der Waals surface area contributed by atoms with E-state index in [2.05, 4.69) is 187 Å². The summed E-state index contributed by atoms with van der Waals surface area (Å²) in [6.45, 7) is 4.72. The summed E-state index contributed by atoms with van der Waals surface area (Å²) in [6, 6.07) is 80.2. The highest BCUT2D eigenvalue weighted by Gasteiger charge is 2.36. The topological polar surface area (TPSA) is 61.7 Å². The molecule has 72 heavy (non-hydrogen) atoms. The summed E-state index contributed by atoms with van der Waals surface area (Å²) in [5, 5.41) is 6.87.